The van der Waals surface area contributed by atoms with Crippen molar-refractivity contribution >= 4 is 11.6 Å². The molecule has 0 bridgehead atoms. The van der Waals surface area contributed by atoms with Gasteiger partial charge in [-0.3, -0.25) is 9.48 Å². The summed E-state index contributed by atoms with van der Waals surface area (Å²) in [4.78, 5) is 12.3. The average Bonchev–Trinajstić information content (AvgIpc) is 3.46. The number of rotatable bonds is 6. The van der Waals surface area contributed by atoms with Crippen LogP contribution in [0.4, 0.5) is 10.1 Å². The van der Waals surface area contributed by atoms with Crippen molar-refractivity contribution in [3.63, 3.8) is 0 Å². The van der Waals surface area contributed by atoms with E-state index in [0.29, 0.717) is 17.6 Å². The number of anilines is 1. The molecule has 0 aliphatic heterocycles. The fourth-order valence-electron chi connectivity index (χ4n) is 3.06. The maximum Gasteiger partial charge on any atom is 0.258 e. The van der Waals surface area contributed by atoms with E-state index in [1.54, 1.807) is 36.3 Å². The second-order valence-corrected chi connectivity index (χ2v) is 6.90. The normalized spacial score (nSPS) is 22.4. The topological polar surface area (TPSA) is 59.0 Å². The van der Waals surface area contributed by atoms with Crippen molar-refractivity contribution in [2.24, 2.45) is 13.0 Å². The first-order chi connectivity index (χ1) is 11.6. The van der Waals surface area contributed by atoms with Crippen LogP contribution >= 0.6 is 0 Å². The zero-order chi connectivity index (χ0) is 16.7. The third-order valence-electron chi connectivity index (χ3n) is 4.78. The minimum absolute atomic E-state index is 0.0872. The third kappa shape index (κ3) is 3.33. The lowest BCUT2D eigenvalue weighted by Gasteiger charge is -2.08. The van der Waals surface area contributed by atoms with Crippen LogP contribution in [0.2, 0.25) is 0 Å². The number of hydrogen-bond donors (Lipinski definition) is 2. The van der Waals surface area contributed by atoms with Crippen LogP contribution in [0.3, 0.4) is 0 Å². The average molecular weight is 328 g/mol. The summed E-state index contributed by atoms with van der Waals surface area (Å²) in [5.74, 6) is 0.295. The molecule has 1 aromatic heterocycles. The Bertz CT molecular complexity index is 768. The number of carbonyl (C=O) groups excluding carboxylic acids is 1. The summed E-state index contributed by atoms with van der Waals surface area (Å²) in [5, 5.41) is 10.2. The Kier molecular flexibility index (Phi) is 3.84. The minimum Gasteiger partial charge on any atom is -0.319 e. The smallest absolute Gasteiger partial charge is 0.258 e. The summed E-state index contributed by atoms with van der Waals surface area (Å²) in [6.07, 6.45) is 6.94. The van der Waals surface area contributed by atoms with Crippen LogP contribution < -0.4 is 10.6 Å². The van der Waals surface area contributed by atoms with Crippen LogP contribution in [0.25, 0.3) is 0 Å². The molecule has 2 fully saturated rings. The van der Waals surface area contributed by atoms with E-state index in [1.807, 2.05) is 0 Å². The first-order valence-electron chi connectivity index (χ1n) is 8.43. The number of benzene rings is 1. The van der Waals surface area contributed by atoms with Gasteiger partial charge in [-0.2, -0.15) is 5.10 Å². The van der Waals surface area contributed by atoms with E-state index in [9.17, 15) is 9.18 Å². The lowest BCUT2D eigenvalue weighted by Crippen LogP contribution is -2.20. The van der Waals surface area contributed by atoms with Crippen LogP contribution in [0.15, 0.2) is 30.6 Å². The number of aromatic nitrogens is 2. The minimum atomic E-state index is -0.497. The molecule has 2 aliphatic rings. The predicted molar refractivity (Wildman–Crippen MR) is 89.4 cm³/mol. The maximum absolute atomic E-state index is 14.1. The predicted octanol–water partition coefficient (Wildman–Crippen LogP) is 2.67. The summed E-state index contributed by atoms with van der Waals surface area (Å²) >= 11 is 0. The van der Waals surface area contributed by atoms with E-state index >= 15 is 0 Å². The van der Waals surface area contributed by atoms with Gasteiger partial charge in [0.15, 0.2) is 0 Å². The Morgan fingerprint density at radius 2 is 2.25 bits per heavy atom. The molecule has 0 saturated heterocycles. The van der Waals surface area contributed by atoms with Gasteiger partial charge in [0.2, 0.25) is 0 Å². The zero-order valence-corrected chi connectivity index (χ0v) is 13.6. The van der Waals surface area contributed by atoms with Crippen LogP contribution in [0.5, 0.6) is 0 Å². The number of nitrogens with one attached hydrogen (secondary N) is 2. The molecule has 1 amide bonds. The molecular formula is C18H21FN4O. The van der Waals surface area contributed by atoms with Gasteiger partial charge in [-0.15, -0.1) is 0 Å². The Hall–Kier alpha value is -2.21. The maximum atomic E-state index is 14.1. The largest absolute Gasteiger partial charge is 0.319 e. The molecule has 0 spiro atoms. The Balaban J connectivity index is 1.44. The first kappa shape index (κ1) is 15.3. The lowest BCUT2D eigenvalue weighted by molar-refractivity contribution is 0.102. The molecule has 6 heteroatoms. The molecule has 1 aromatic carbocycles. The first-order valence-corrected chi connectivity index (χ1v) is 8.43. The summed E-state index contributed by atoms with van der Waals surface area (Å²) < 4.78 is 15.7. The van der Waals surface area contributed by atoms with Gasteiger partial charge in [-0.25, -0.2) is 4.39 Å². The van der Waals surface area contributed by atoms with Gasteiger partial charge < -0.3 is 10.6 Å². The van der Waals surface area contributed by atoms with Crippen molar-refractivity contribution in [1.29, 1.82) is 0 Å². The van der Waals surface area contributed by atoms with Crippen LogP contribution in [-0.4, -0.2) is 28.3 Å². The summed E-state index contributed by atoms with van der Waals surface area (Å²) in [6.45, 7) is 1.08. The fraction of sp³-hybridized carbons (Fsp3) is 0.444. The number of aryl methyl sites for hydroxylation is 1. The molecule has 0 radical (unpaired) electrons. The van der Waals surface area contributed by atoms with Crippen LogP contribution in [0.1, 0.15) is 41.1 Å². The highest BCUT2D eigenvalue weighted by molar-refractivity contribution is 6.04. The van der Waals surface area contributed by atoms with Crippen molar-refractivity contribution in [2.75, 3.05) is 11.9 Å². The monoisotopic (exact) mass is 328 g/mol. The van der Waals surface area contributed by atoms with E-state index in [0.717, 1.165) is 24.4 Å². The Labute approximate surface area is 140 Å². The van der Waals surface area contributed by atoms with Gasteiger partial charge in [0, 0.05) is 25.2 Å². The van der Waals surface area contributed by atoms with Crippen molar-refractivity contribution in [3.05, 3.63) is 47.5 Å². The molecule has 126 valence electrons. The molecule has 2 aromatic rings. The molecule has 2 atom stereocenters. The van der Waals surface area contributed by atoms with Crippen LogP contribution in [0, 0.1) is 11.7 Å². The van der Waals surface area contributed by atoms with Gasteiger partial charge in [-0.1, -0.05) is 6.07 Å². The van der Waals surface area contributed by atoms with Crippen molar-refractivity contribution in [2.45, 2.75) is 31.2 Å². The molecule has 2 N–H and O–H groups in total. The third-order valence-corrected chi connectivity index (χ3v) is 4.78. The number of amides is 1. The lowest BCUT2D eigenvalue weighted by atomic mass is 10.1. The molecule has 5 nitrogen and oxygen atoms in total. The number of halogens is 1. The van der Waals surface area contributed by atoms with E-state index in [2.05, 4.69) is 15.7 Å². The second-order valence-electron chi connectivity index (χ2n) is 6.90. The summed E-state index contributed by atoms with van der Waals surface area (Å²) in [7, 11) is 1.76. The highest BCUT2D eigenvalue weighted by Gasteiger charge is 2.39. The van der Waals surface area contributed by atoms with Gasteiger partial charge in [0.25, 0.3) is 5.91 Å². The number of hydrogen-bond acceptors (Lipinski definition) is 3. The number of carbonyl (C=O) groups is 1. The van der Waals surface area contributed by atoms with Crippen molar-refractivity contribution in [1.82, 2.24) is 15.1 Å². The molecule has 4 rings (SSSR count). The molecule has 2 aliphatic carbocycles. The van der Waals surface area contributed by atoms with E-state index in [1.165, 1.54) is 18.9 Å². The van der Waals surface area contributed by atoms with Gasteiger partial charge in [0.05, 0.1) is 17.4 Å². The Morgan fingerprint density at radius 1 is 1.42 bits per heavy atom. The van der Waals surface area contributed by atoms with Gasteiger partial charge in [0.1, 0.15) is 5.82 Å². The molecular weight excluding hydrogens is 307 g/mol. The van der Waals surface area contributed by atoms with E-state index in [4.69, 9.17) is 0 Å². The van der Waals surface area contributed by atoms with Crippen molar-refractivity contribution in [3.8, 4) is 0 Å². The summed E-state index contributed by atoms with van der Waals surface area (Å²) in [5.41, 5.74) is 1.67. The standard InChI is InChI=1S/C18H21FN4O/c1-23-10-13(9-21-23)22-18(24)15-6-12(4-5-16(15)19)14-7-17(14)20-8-11-2-3-11/h4-6,9-11,14,17,20H,2-3,7-8H2,1H3,(H,22,24). The van der Waals surface area contributed by atoms with Crippen molar-refractivity contribution < 1.29 is 9.18 Å². The van der Waals surface area contributed by atoms with Crippen LogP contribution in [-0.2, 0) is 7.05 Å². The van der Waals surface area contributed by atoms with Gasteiger partial charge in [-0.05, 0) is 49.4 Å². The van der Waals surface area contributed by atoms with E-state index < -0.39 is 11.7 Å². The fourth-order valence-corrected chi connectivity index (χ4v) is 3.06. The molecule has 24 heavy (non-hydrogen) atoms. The summed E-state index contributed by atoms with van der Waals surface area (Å²) in [6, 6.07) is 5.33. The zero-order valence-electron chi connectivity index (χ0n) is 13.6. The highest BCUT2D eigenvalue weighted by Crippen LogP contribution is 2.42. The van der Waals surface area contributed by atoms with E-state index in [-0.39, 0.29) is 5.56 Å². The highest BCUT2D eigenvalue weighted by atomic mass is 19.1. The molecule has 1 heterocycles. The molecule has 2 saturated carbocycles. The molecule has 2 unspecified atom stereocenters. The SMILES string of the molecule is Cn1cc(NC(=O)c2cc(C3CC3NCC3CC3)ccc2F)cn1. The quantitative estimate of drug-likeness (QED) is 0.857. The second kappa shape index (κ2) is 6.02. The van der Waals surface area contributed by atoms with Gasteiger partial charge >= 0.3 is 0 Å². The number of nitrogens with zero attached hydrogens (tertiary/aromatic N) is 2. The Morgan fingerprint density at radius 3 is 2.96 bits per heavy atom.